The molecule has 4 rings (SSSR count). The van der Waals surface area contributed by atoms with Crippen LogP contribution in [0.15, 0.2) is 34.7 Å². The molecule has 2 unspecified atom stereocenters. The molecule has 0 radical (unpaired) electrons. The van der Waals surface area contributed by atoms with Crippen LogP contribution >= 0.6 is 12.4 Å². The summed E-state index contributed by atoms with van der Waals surface area (Å²) in [5, 5.41) is 6.71. The molecular formula is C18H22ClN3O2. The predicted octanol–water partition coefficient (Wildman–Crippen LogP) is 3.08. The average Bonchev–Trinajstić information content (AvgIpc) is 3.11. The number of rotatable bonds is 3. The number of nitrogens with one attached hydrogen (secondary N) is 2. The number of carbonyl (C=O) groups is 1. The van der Waals surface area contributed by atoms with E-state index in [-0.39, 0.29) is 24.4 Å². The summed E-state index contributed by atoms with van der Waals surface area (Å²) in [6.45, 7) is 1.82. The second-order valence-corrected chi connectivity index (χ2v) is 6.58. The Bertz CT molecular complexity index is 704. The summed E-state index contributed by atoms with van der Waals surface area (Å²) in [6.07, 6.45) is 4.44. The molecular weight excluding hydrogens is 326 g/mol. The predicted molar refractivity (Wildman–Crippen MR) is 94.4 cm³/mol. The lowest BCUT2D eigenvalue weighted by Crippen LogP contribution is -2.48. The van der Waals surface area contributed by atoms with Gasteiger partial charge in [-0.3, -0.25) is 4.79 Å². The normalized spacial score (nSPS) is 25.1. The molecule has 1 aromatic heterocycles. The van der Waals surface area contributed by atoms with Crippen molar-refractivity contribution < 1.29 is 9.21 Å². The van der Waals surface area contributed by atoms with Crippen LogP contribution in [0.25, 0.3) is 11.5 Å². The number of carbonyl (C=O) groups excluding carboxylic acids is 1. The SMILES string of the molecule is Cc1nc(-c2ccccc2)oc1C(=O)NC1CC2CCC(C1)N2.Cl. The molecule has 6 heteroatoms. The number of piperidine rings is 1. The second kappa shape index (κ2) is 6.95. The summed E-state index contributed by atoms with van der Waals surface area (Å²) in [4.78, 5) is 16.9. The van der Waals surface area contributed by atoms with E-state index in [1.807, 2.05) is 37.3 Å². The first kappa shape index (κ1) is 17.0. The Morgan fingerprint density at radius 1 is 1.21 bits per heavy atom. The van der Waals surface area contributed by atoms with Crippen LogP contribution in [0, 0.1) is 6.92 Å². The average molecular weight is 348 g/mol. The largest absolute Gasteiger partial charge is 0.431 e. The molecule has 2 bridgehead atoms. The number of aryl methyl sites for hydroxylation is 1. The zero-order valence-corrected chi connectivity index (χ0v) is 14.4. The van der Waals surface area contributed by atoms with Gasteiger partial charge >= 0.3 is 0 Å². The summed E-state index contributed by atoms with van der Waals surface area (Å²) in [7, 11) is 0. The second-order valence-electron chi connectivity index (χ2n) is 6.58. The quantitative estimate of drug-likeness (QED) is 0.895. The number of amides is 1. The lowest BCUT2D eigenvalue weighted by molar-refractivity contribution is 0.0895. The van der Waals surface area contributed by atoms with Gasteiger partial charge in [0.25, 0.3) is 5.91 Å². The maximum absolute atomic E-state index is 12.5. The lowest BCUT2D eigenvalue weighted by atomic mass is 10.00. The Morgan fingerprint density at radius 3 is 2.54 bits per heavy atom. The van der Waals surface area contributed by atoms with Gasteiger partial charge in [-0.2, -0.15) is 0 Å². The fourth-order valence-electron chi connectivity index (χ4n) is 3.74. The smallest absolute Gasteiger partial charge is 0.289 e. The van der Waals surface area contributed by atoms with Gasteiger partial charge in [-0.25, -0.2) is 4.98 Å². The van der Waals surface area contributed by atoms with E-state index in [1.165, 1.54) is 12.8 Å². The minimum absolute atomic E-state index is 0. The number of hydrogen-bond donors (Lipinski definition) is 2. The monoisotopic (exact) mass is 347 g/mol. The van der Waals surface area contributed by atoms with Crippen molar-refractivity contribution in [2.75, 3.05) is 0 Å². The van der Waals surface area contributed by atoms with Gasteiger partial charge in [-0.1, -0.05) is 18.2 Å². The summed E-state index contributed by atoms with van der Waals surface area (Å²) in [6, 6.07) is 11.0. The molecule has 128 valence electrons. The first-order chi connectivity index (χ1) is 11.2. The molecule has 0 aliphatic carbocycles. The van der Waals surface area contributed by atoms with Crippen LogP contribution in [-0.2, 0) is 0 Å². The van der Waals surface area contributed by atoms with E-state index >= 15 is 0 Å². The van der Waals surface area contributed by atoms with E-state index in [2.05, 4.69) is 15.6 Å². The Kier molecular flexibility index (Phi) is 4.92. The molecule has 2 aliphatic heterocycles. The third-order valence-corrected chi connectivity index (χ3v) is 4.83. The molecule has 5 nitrogen and oxygen atoms in total. The molecule has 1 aromatic carbocycles. The molecule has 2 aromatic rings. The highest BCUT2D eigenvalue weighted by Gasteiger charge is 2.34. The van der Waals surface area contributed by atoms with Crippen LogP contribution < -0.4 is 10.6 Å². The van der Waals surface area contributed by atoms with Gasteiger partial charge in [0.2, 0.25) is 11.7 Å². The van der Waals surface area contributed by atoms with E-state index in [1.54, 1.807) is 0 Å². The van der Waals surface area contributed by atoms with Crippen molar-refractivity contribution in [1.29, 1.82) is 0 Å². The Hall–Kier alpha value is -1.85. The summed E-state index contributed by atoms with van der Waals surface area (Å²) in [5.74, 6) is 0.678. The van der Waals surface area contributed by atoms with Gasteiger partial charge in [0.05, 0.1) is 5.69 Å². The van der Waals surface area contributed by atoms with Crippen molar-refractivity contribution in [3.8, 4) is 11.5 Å². The highest BCUT2D eigenvalue weighted by Crippen LogP contribution is 2.27. The van der Waals surface area contributed by atoms with E-state index in [0.717, 1.165) is 18.4 Å². The Labute approximate surface area is 147 Å². The van der Waals surface area contributed by atoms with Crippen molar-refractivity contribution >= 4 is 18.3 Å². The summed E-state index contributed by atoms with van der Waals surface area (Å²) in [5.41, 5.74) is 1.52. The molecule has 0 spiro atoms. The minimum Gasteiger partial charge on any atom is -0.431 e. The molecule has 2 aliphatic rings. The van der Waals surface area contributed by atoms with Crippen molar-refractivity contribution in [2.45, 2.75) is 50.7 Å². The molecule has 2 saturated heterocycles. The van der Waals surface area contributed by atoms with Gasteiger partial charge in [0.15, 0.2) is 0 Å². The zero-order valence-electron chi connectivity index (χ0n) is 13.6. The first-order valence-corrected chi connectivity index (χ1v) is 8.29. The minimum atomic E-state index is -0.150. The van der Waals surface area contributed by atoms with Gasteiger partial charge in [-0.15, -0.1) is 12.4 Å². The fraction of sp³-hybridized carbons (Fsp3) is 0.444. The van der Waals surface area contributed by atoms with Crippen LogP contribution in [0.5, 0.6) is 0 Å². The van der Waals surface area contributed by atoms with Crippen molar-refractivity contribution in [3.05, 3.63) is 41.8 Å². The number of aromatic nitrogens is 1. The van der Waals surface area contributed by atoms with Crippen LogP contribution in [-0.4, -0.2) is 29.0 Å². The van der Waals surface area contributed by atoms with E-state index in [9.17, 15) is 4.79 Å². The molecule has 24 heavy (non-hydrogen) atoms. The van der Waals surface area contributed by atoms with Crippen LogP contribution in [0.2, 0.25) is 0 Å². The number of fused-ring (bicyclic) bond motifs is 2. The standard InChI is InChI=1S/C18H21N3O2.ClH/c1-11-16(23-18(19-11)12-5-3-2-4-6-12)17(22)21-15-9-13-7-8-14(10-15)20-13;/h2-6,13-15,20H,7-10H2,1H3,(H,21,22);1H. The van der Waals surface area contributed by atoms with E-state index in [4.69, 9.17) is 4.42 Å². The first-order valence-electron chi connectivity index (χ1n) is 8.29. The third-order valence-electron chi connectivity index (χ3n) is 4.83. The van der Waals surface area contributed by atoms with E-state index in [0.29, 0.717) is 29.4 Å². The maximum Gasteiger partial charge on any atom is 0.289 e. The molecule has 3 heterocycles. The number of hydrogen-bond acceptors (Lipinski definition) is 4. The van der Waals surface area contributed by atoms with Crippen molar-refractivity contribution in [1.82, 2.24) is 15.6 Å². The number of nitrogens with zero attached hydrogens (tertiary/aromatic N) is 1. The highest BCUT2D eigenvalue weighted by atomic mass is 35.5. The van der Waals surface area contributed by atoms with Crippen LogP contribution in [0.3, 0.4) is 0 Å². The summed E-state index contributed by atoms with van der Waals surface area (Å²) < 4.78 is 5.73. The highest BCUT2D eigenvalue weighted by molar-refractivity contribution is 5.93. The summed E-state index contributed by atoms with van der Waals surface area (Å²) >= 11 is 0. The number of benzene rings is 1. The van der Waals surface area contributed by atoms with Crippen LogP contribution in [0.4, 0.5) is 0 Å². The maximum atomic E-state index is 12.5. The van der Waals surface area contributed by atoms with Crippen molar-refractivity contribution in [2.24, 2.45) is 0 Å². The molecule has 2 fully saturated rings. The number of oxazole rings is 1. The topological polar surface area (TPSA) is 67.2 Å². The zero-order chi connectivity index (χ0) is 15.8. The van der Waals surface area contributed by atoms with Gasteiger partial charge in [0.1, 0.15) is 0 Å². The van der Waals surface area contributed by atoms with Gasteiger partial charge in [-0.05, 0) is 44.7 Å². The molecule has 1 amide bonds. The van der Waals surface area contributed by atoms with E-state index < -0.39 is 0 Å². The number of halogens is 1. The lowest BCUT2D eigenvalue weighted by Gasteiger charge is -2.29. The van der Waals surface area contributed by atoms with Gasteiger partial charge in [0, 0.05) is 23.7 Å². The fourth-order valence-corrected chi connectivity index (χ4v) is 3.74. The Morgan fingerprint density at radius 2 is 1.88 bits per heavy atom. The third kappa shape index (κ3) is 3.32. The Balaban J connectivity index is 0.00000169. The molecule has 0 saturated carbocycles. The van der Waals surface area contributed by atoms with Gasteiger partial charge < -0.3 is 15.1 Å². The molecule has 2 N–H and O–H groups in total. The van der Waals surface area contributed by atoms with Crippen LogP contribution in [0.1, 0.15) is 41.9 Å². The van der Waals surface area contributed by atoms with Crippen molar-refractivity contribution in [3.63, 3.8) is 0 Å². The molecule has 2 atom stereocenters.